The summed E-state index contributed by atoms with van der Waals surface area (Å²) in [7, 11) is 0. The molecule has 8 heteroatoms. The Labute approximate surface area is 123 Å². The molecule has 0 spiro atoms. The average molecular weight is 340 g/mol. The Hall–Kier alpha value is -1.54. The predicted molar refractivity (Wildman–Crippen MR) is 74.2 cm³/mol. The molecule has 2 aromatic rings. The molecule has 0 aromatic carbocycles. The molecule has 1 aliphatic rings. The van der Waals surface area contributed by atoms with Crippen molar-refractivity contribution < 1.29 is 9.90 Å². The van der Waals surface area contributed by atoms with Crippen molar-refractivity contribution >= 4 is 27.6 Å². The summed E-state index contributed by atoms with van der Waals surface area (Å²) < 4.78 is 2.21. The van der Waals surface area contributed by atoms with Crippen molar-refractivity contribution in [2.24, 2.45) is 5.92 Å². The number of halogens is 1. The first kappa shape index (κ1) is 13.4. The van der Waals surface area contributed by atoms with Crippen molar-refractivity contribution in [2.45, 2.75) is 25.4 Å². The van der Waals surface area contributed by atoms with E-state index in [0.29, 0.717) is 12.3 Å². The maximum absolute atomic E-state index is 12.0. The van der Waals surface area contributed by atoms with E-state index in [1.54, 1.807) is 12.4 Å². The van der Waals surface area contributed by atoms with E-state index in [1.165, 1.54) is 4.52 Å². The summed E-state index contributed by atoms with van der Waals surface area (Å²) in [5, 5.41) is 16.6. The Bertz CT molecular complexity index is 644. The van der Waals surface area contributed by atoms with Crippen molar-refractivity contribution in [2.75, 3.05) is 6.54 Å². The van der Waals surface area contributed by atoms with Crippen LogP contribution >= 0.6 is 15.9 Å². The molecule has 2 heterocycles. The van der Waals surface area contributed by atoms with Gasteiger partial charge in [-0.1, -0.05) is 6.42 Å². The van der Waals surface area contributed by atoms with Gasteiger partial charge >= 0.3 is 0 Å². The summed E-state index contributed by atoms with van der Waals surface area (Å²) in [4.78, 5) is 20.1. The second-order valence-corrected chi connectivity index (χ2v) is 5.84. The first-order chi connectivity index (χ1) is 9.63. The summed E-state index contributed by atoms with van der Waals surface area (Å²) in [6, 6.07) is 0. The molecule has 1 aliphatic carbocycles. The summed E-state index contributed by atoms with van der Waals surface area (Å²) in [6.45, 7) is 0.451. The van der Waals surface area contributed by atoms with Gasteiger partial charge in [0.05, 0.1) is 10.6 Å². The van der Waals surface area contributed by atoms with Crippen molar-refractivity contribution in [1.82, 2.24) is 24.9 Å². The van der Waals surface area contributed by atoms with Crippen LogP contribution in [0.2, 0.25) is 0 Å². The minimum atomic E-state index is -0.342. The first-order valence-corrected chi connectivity index (χ1v) is 7.27. The summed E-state index contributed by atoms with van der Waals surface area (Å²) in [5.41, 5.74) is 0. The zero-order valence-corrected chi connectivity index (χ0v) is 12.2. The van der Waals surface area contributed by atoms with Crippen LogP contribution in [-0.4, -0.2) is 43.2 Å². The van der Waals surface area contributed by atoms with Gasteiger partial charge in [-0.25, -0.2) is 9.50 Å². The van der Waals surface area contributed by atoms with Crippen molar-refractivity contribution in [1.29, 1.82) is 0 Å². The maximum Gasteiger partial charge on any atom is 0.291 e. The largest absolute Gasteiger partial charge is 0.393 e. The molecule has 106 valence electrons. The minimum absolute atomic E-state index is 0.0862. The number of rotatable bonds is 3. The lowest BCUT2D eigenvalue weighted by molar-refractivity contribution is 0.0907. The van der Waals surface area contributed by atoms with Gasteiger partial charge in [-0.05, 0) is 28.8 Å². The third-order valence-corrected chi connectivity index (χ3v) is 3.92. The van der Waals surface area contributed by atoms with E-state index in [9.17, 15) is 9.90 Å². The van der Waals surface area contributed by atoms with E-state index in [4.69, 9.17) is 0 Å². The Morgan fingerprint density at radius 2 is 2.40 bits per heavy atom. The number of amides is 1. The van der Waals surface area contributed by atoms with Crippen LogP contribution in [0, 0.1) is 5.92 Å². The van der Waals surface area contributed by atoms with Gasteiger partial charge in [-0.15, -0.1) is 5.10 Å². The molecule has 20 heavy (non-hydrogen) atoms. The fourth-order valence-electron chi connectivity index (χ4n) is 2.41. The number of hydrogen-bond acceptors (Lipinski definition) is 5. The van der Waals surface area contributed by atoms with Crippen LogP contribution in [0.5, 0.6) is 0 Å². The van der Waals surface area contributed by atoms with E-state index in [1.807, 2.05) is 0 Å². The fraction of sp³-hybridized carbons (Fsp3) is 0.500. The highest BCUT2D eigenvalue weighted by Crippen LogP contribution is 2.24. The van der Waals surface area contributed by atoms with Crippen LogP contribution < -0.4 is 5.32 Å². The van der Waals surface area contributed by atoms with Gasteiger partial charge in [0, 0.05) is 24.9 Å². The molecule has 1 amide bonds. The van der Waals surface area contributed by atoms with E-state index in [-0.39, 0.29) is 23.8 Å². The maximum atomic E-state index is 12.0. The first-order valence-electron chi connectivity index (χ1n) is 6.47. The Balaban J connectivity index is 1.69. The highest BCUT2D eigenvalue weighted by molar-refractivity contribution is 9.10. The molecule has 1 saturated carbocycles. The third-order valence-electron chi connectivity index (χ3n) is 3.51. The van der Waals surface area contributed by atoms with Crippen LogP contribution in [0.15, 0.2) is 16.9 Å². The molecule has 3 rings (SSSR count). The molecular weight excluding hydrogens is 326 g/mol. The van der Waals surface area contributed by atoms with E-state index < -0.39 is 0 Å². The molecule has 0 saturated heterocycles. The predicted octanol–water partition coefficient (Wildman–Crippen LogP) is 0.778. The average Bonchev–Trinajstić information content (AvgIpc) is 3.01. The topological polar surface area (TPSA) is 92.4 Å². The molecule has 2 atom stereocenters. The van der Waals surface area contributed by atoms with Crippen LogP contribution in [-0.2, 0) is 0 Å². The lowest BCUT2D eigenvalue weighted by Crippen LogP contribution is -2.33. The number of carbonyl (C=O) groups excluding carboxylic acids is 1. The lowest BCUT2D eigenvalue weighted by atomic mass is 10.1. The van der Waals surface area contributed by atoms with Crippen molar-refractivity contribution in [3.05, 3.63) is 22.7 Å². The van der Waals surface area contributed by atoms with Gasteiger partial charge in [-0.3, -0.25) is 4.79 Å². The van der Waals surface area contributed by atoms with E-state index in [2.05, 4.69) is 36.3 Å². The van der Waals surface area contributed by atoms with Crippen LogP contribution in [0.25, 0.3) is 5.78 Å². The highest BCUT2D eigenvalue weighted by Gasteiger charge is 2.26. The summed E-state index contributed by atoms with van der Waals surface area (Å²) in [6.07, 6.45) is 5.72. The molecule has 2 aromatic heterocycles. The molecule has 2 N–H and O–H groups in total. The third kappa shape index (κ3) is 2.66. The quantitative estimate of drug-likeness (QED) is 0.861. The standard InChI is InChI=1S/C12H14BrN5O2/c13-8-5-15-12-16-10(17-18(12)6-8)11(20)14-4-7-2-1-3-9(7)19/h5-7,9,19H,1-4H2,(H,14,20). The van der Waals surface area contributed by atoms with Crippen LogP contribution in [0.3, 0.4) is 0 Å². The van der Waals surface area contributed by atoms with Gasteiger partial charge in [-0.2, -0.15) is 4.98 Å². The van der Waals surface area contributed by atoms with Gasteiger partial charge in [0.2, 0.25) is 5.82 Å². The smallest absolute Gasteiger partial charge is 0.291 e. The second-order valence-electron chi connectivity index (χ2n) is 4.92. The number of aromatic nitrogens is 4. The minimum Gasteiger partial charge on any atom is -0.393 e. The number of fused-ring (bicyclic) bond motifs is 1. The number of aliphatic hydroxyl groups is 1. The fourth-order valence-corrected chi connectivity index (χ4v) is 2.71. The summed E-state index contributed by atoms with van der Waals surface area (Å²) in [5.74, 6) is 0.247. The van der Waals surface area contributed by atoms with Gasteiger partial charge < -0.3 is 10.4 Å². The lowest BCUT2D eigenvalue weighted by Gasteiger charge is -2.13. The van der Waals surface area contributed by atoms with E-state index in [0.717, 1.165) is 23.7 Å². The molecule has 2 unspecified atom stereocenters. The summed E-state index contributed by atoms with van der Waals surface area (Å²) >= 11 is 3.28. The molecule has 1 fully saturated rings. The Kier molecular flexibility index (Phi) is 3.66. The van der Waals surface area contributed by atoms with Crippen molar-refractivity contribution in [3.8, 4) is 0 Å². The monoisotopic (exact) mass is 339 g/mol. The van der Waals surface area contributed by atoms with Gasteiger partial charge in [0.25, 0.3) is 11.7 Å². The number of nitrogens with one attached hydrogen (secondary N) is 1. The van der Waals surface area contributed by atoms with E-state index >= 15 is 0 Å². The second kappa shape index (κ2) is 5.45. The number of nitrogens with zero attached hydrogens (tertiary/aromatic N) is 4. The number of hydrogen-bond donors (Lipinski definition) is 2. The highest BCUT2D eigenvalue weighted by atomic mass is 79.9. The SMILES string of the molecule is O=C(NCC1CCCC1O)c1nc2ncc(Br)cn2n1. The zero-order valence-electron chi connectivity index (χ0n) is 10.7. The Morgan fingerprint density at radius 3 is 3.15 bits per heavy atom. The zero-order chi connectivity index (χ0) is 14.1. The molecule has 7 nitrogen and oxygen atoms in total. The van der Waals surface area contributed by atoms with Crippen LogP contribution in [0.1, 0.15) is 29.9 Å². The van der Waals surface area contributed by atoms with Gasteiger partial charge in [0.15, 0.2) is 0 Å². The van der Waals surface area contributed by atoms with Gasteiger partial charge in [0.1, 0.15) is 0 Å². The number of carbonyl (C=O) groups is 1. The Morgan fingerprint density at radius 1 is 1.55 bits per heavy atom. The molecule has 0 aliphatic heterocycles. The molecule has 0 radical (unpaired) electrons. The molecule has 0 bridgehead atoms. The van der Waals surface area contributed by atoms with Crippen LogP contribution in [0.4, 0.5) is 0 Å². The normalized spacial score (nSPS) is 22.3. The number of aliphatic hydroxyl groups excluding tert-OH is 1. The van der Waals surface area contributed by atoms with Crippen molar-refractivity contribution in [3.63, 3.8) is 0 Å². The molecular formula is C12H14BrN5O2.